The van der Waals surface area contributed by atoms with Crippen LogP contribution in [0.15, 0.2) is 5.10 Å². The molecular formula is C16H38BN3Si2. The molecule has 0 saturated heterocycles. The Hall–Kier alpha value is -0.0713. The third kappa shape index (κ3) is 4.48. The van der Waals surface area contributed by atoms with Gasteiger partial charge < -0.3 is 9.06 Å². The lowest BCUT2D eigenvalue weighted by atomic mass is 9.67. The van der Waals surface area contributed by atoms with Crippen molar-refractivity contribution in [1.82, 2.24) is 9.06 Å². The molecule has 1 rings (SSSR count). The molecule has 0 saturated carbocycles. The predicted molar refractivity (Wildman–Crippen MR) is 108 cm³/mol. The number of nitrogens with zero attached hydrogens (tertiary/aromatic N) is 3. The van der Waals surface area contributed by atoms with E-state index in [2.05, 4.69) is 89.9 Å². The molecule has 0 atom stereocenters. The van der Waals surface area contributed by atoms with Crippen LogP contribution in [0.2, 0.25) is 45.6 Å². The van der Waals surface area contributed by atoms with Crippen LogP contribution < -0.4 is 0 Å². The molecule has 0 aromatic rings. The fourth-order valence-electron chi connectivity index (χ4n) is 3.65. The summed E-state index contributed by atoms with van der Waals surface area (Å²) in [4.78, 5) is 2.41. The lowest BCUT2D eigenvalue weighted by molar-refractivity contribution is 0.253. The first-order chi connectivity index (χ1) is 9.45. The molecule has 0 aromatic carbocycles. The van der Waals surface area contributed by atoms with Gasteiger partial charge in [0.2, 0.25) is 0 Å². The molecule has 0 spiro atoms. The molecule has 0 fully saturated rings. The second-order valence-electron chi connectivity index (χ2n) is 10.7. The van der Waals surface area contributed by atoms with Crippen LogP contribution in [0, 0.1) is 5.41 Å². The van der Waals surface area contributed by atoms with Crippen molar-refractivity contribution >= 4 is 29.2 Å². The Morgan fingerprint density at radius 2 is 1.32 bits per heavy atom. The maximum atomic E-state index is 5.11. The molecule has 0 aromatic heterocycles. The van der Waals surface area contributed by atoms with Crippen LogP contribution >= 0.6 is 0 Å². The summed E-state index contributed by atoms with van der Waals surface area (Å²) in [5.41, 5.74) is 1.58. The molecule has 22 heavy (non-hydrogen) atoms. The van der Waals surface area contributed by atoms with Gasteiger partial charge in [0.15, 0.2) is 0 Å². The summed E-state index contributed by atoms with van der Waals surface area (Å²) in [7, 11) is -2.83. The summed E-state index contributed by atoms with van der Waals surface area (Å²) >= 11 is 0. The third-order valence-corrected chi connectivity index (χ3v) is 11.7. The van der Waals surface area contributed by atoms with Crippen LogP contribution in [0.4, 0.5) is 0 Å². The second kappa shape index (κ2) is 5.78. The average Bonchev–Trinajstić information content (AvgIpc) is 2.55. The van der Waals surface area contributed by atoms with Gasteiger partial charge in [0.05, 0.1) is 0 Å². The molecule has 0 radical (unpaired) electrons. The first kappa shape index (κ1) is 20.0. The monoisotopic (exact) mass is 339 g/mol. The minimum atomic E-state index is -1.42. The maximum absolute atomic E-state index is 5.11. The Kier molecular flexibility index (Phi) is 5.25. The van der Waals surface area contributed by atoms with Crippen LogP contribution in [-0.2, 0) is 0 Å². The zero-order chi connectivity index (χ0) is 17.7. The quantitative estimate of drug-likeness (QED) is 0.677. The van der Waals surface area contributed by atoms with E-state index in [4.69, 9.17) is 5.10 Å². The zero-order valence-electron chi connectivity index (χ0n) is 17.1. The van der Waals surface area contributed by atoms with Crippen molar-refractivity contribution < 1.29 is 0 Å². The van der Waals surface area contributed by atoms with Gasteiger partial charge in [0.1, 0.15) is 16.5 Å². The largest absolute Gasteiger partial charge is 0.367 e. The Morgan fingerprint density at radius 3 is 1.59 bits per heavy atom. The molecule has 0 aliphatic carbocycles. The average molecular weight is 339 g/mol. The van der Waals surface area contributed by atoms with E-state index in [1.54, 1.807) is 0 Å². The van der Waals surface area contributed by atoms with E-state index in [-0.39, 0.29) is 11.0 Å². The summed E-state index contributed by atoms with van der Waals surface area (Å²) in [6, 6.07) is 0. The fourth-order valence-corrected chi connectivity index (χ4v) is 13.9. The van der Waals surface area contributed by atoms with Crippen molar-refractivity contribution in [1.29, 1.82) is 0 Å². The Labute approximate surface area is 141 Å². The van der Waals surface area contributed by atoms with E-state index in [1.807, 2.05) is 0 Å². The van der Waals surface area contributed by atoms with Crippen molar-refractivity contribution in [3.05, 3.63) is 0 Å². The summed E-state index contributed by atoms with van der Waals surface area (Å²) in [6.07, 6.45) is 1.09. The van der Waals surface area contributed by atoms with Crippen molar-refractivity contribution in [3.8, 4) is 0 Å². The lowest BCUT2D eigenvalue weighted by Crippen LogP contribution is -2.70. The van der Waals surface area contributed by atoms with Gasteiger partial charge in [-0.05, 0) is 20.8 Å². The second-order valence-corrected chi connectivity index (χ2v) is 20.8. The Morgan fingerprint density at radius 1 is 0.909 bits per heavy atom. The topological polar surface area (TPSA) is 18.8 Å². The molecule has 0 amide bonds. The maximum Gasteiger partial charge on any atom is 0.354 e. The van der Waals surface area contributed by atoms with Gasteiger partial charge in [-0.1, -0.05) is 60.1 Å². The first-order valence-electron chi connectivity index (χ1n) is 8.62. The van der Waals surface area contributed by atoms with Crippen LogP contribution in [0.3, 0.4) is 0 Å². The molecular weight excluding hydrogens is 301 g/mol. The van der Waals surface area contributed by atoms with Gasteiger partial charge in [-0.2, -0.15) is 5.10 Å². The van der Waals surface area contributed by atoms with Gasteiger partial charge in [0.25, 0.3) is 0 Å². The Balaban J connectivity index is 3.33. The molecule has 128 valence electrons. The molecule has 0 N–H and O–H groups in total. The number of rotatable bonds is 3. The molecule has 0 bridgehead atoms. The third-order valence-electron chi connectivity index (χ3n) is 4.18. The van der Waals surface area contributed by atoms with Gasteiger partial charge in [-0.25, -0.2) is 0 Å². The van der Waals surface area contributed by atoms with E-state index >= 15 is 0 Å². The van der Waals surface area contributed by atoms with E-state index in [0.29, 0.717) is 6.98 Å². The van der Waals surface area contributed by atoms with Crippen LogP contribution in [0.5, 0.6) is 0 Å². The molecule has 6 heteroatoms. The number of hydrogen-bond donors (Lipinski definition) is 0. The zero-order valence-corrected chi connectivity index (χ0v) is 19.1. The fraction of sp³-hybridized carbons (Fsp3) is 0.938. The van der Waals surface area contributed by atoms with Crippen molar-refractivity contribution in [2.45, 2.75) is 92.7 Å². The highest BCUT2D eigenvalue weighted by atomic mass is 28.4. The van der Waals surface area contributed by atoms with Crippen LogP contribution in [0.25, 0.3) is 0 Å². The molecule has 1 heterocycles. The van der Waals surface area contributed by atoms with Gasteiger partial charge in [-0.15, -0.1) is 0 Å². The normalized spacial score (nSPS) is 18.3. The van der Waals surface area contributed by atoms with Crippen molar-refractivity contribution in [3.63, 3.8) is 0 Å². The standard InChI is InChI=1S/C16H38BN3Si2/c1-15(2,3)14-13-17(19(18-14)16(4,5)6)20(21(7,8)9)22(10,11)12/h13H2,1-12H3. The number of hydrogen-bond acceptors (Lipinski definition) is 3. The molecule has 1 aliphatic heterocycles. The van der Waals surface area contributed by atoms with Gasteiger partial charge in [-0.3, -0.25) is 0 Å². The van der Waals surface area contributed by atoms with E-state index in [0.717, 1.165) is 6.32 Å². The number of hydrazone groups is 1. The highest BCUT2D eigenvalue weighted by molar-refractivity contribution is 6.99. The Bertz CT molecular complexity index is 422. The highest BCUT2D eigenvalue weighted by Gasteiger charge is 2.50. The van der Waals surface area contributed by atoms with E-state index in [9.17, 15) is 0 Å². The SMILES string of the molecule is CC(C)(C)C1=NN(C(C)(C)C)B(N([Si](C)(C)C)[Si](C)(C)C)C1. The van der Waals surface area contributed by atoms with Crippen molar-refractivity contribution in [2.24, 2.45) is 10.5 Å². The lowest BCUT2D eigenvalue weighted by Gasteiger charge is -2.50. The van der Waals surface area contributed by atoms with Gasteiger partial charge in [0, 0.05) is 23.0 Å². The van der Waals surface area contributed by atoms with Crippen molar-refractivity contribution in [2.75, 3.05) is 0 Å². The minimum Gasteiger partial charge on any atom is -0.367 e. The molecule has 3 nitrogen and oxygen atoms in total. The van der Waals surface area contributed by atoms with E-state index in [1.165, 1.54) is 5.71 Å². The summed E-state index contributed by atoms with van der Waals surface area (Å²) in [6.45, 7) is 29.1. The predicted octanol–water partition coefficient (Wildman–Crippen LogP) is 4.96. The van der Waals surface area contributed by atoms with E-state index < -0.39 is 16.5 Å². The molecule has 0 unspecified atom stereocenters. The van der Waals surface area contributed by atoms with Crippen LogP contribution in [0.1, 0.15) is 41.5 Å². The first-order valence-corrected chi connectivity index (χ1v) is 15.5. The smallest absolute Gasteiger partial charge is 0.354 e. The summed E-state index contributed by atoms with van der Waals surface area (Å²) < 4.78 is 2.91. The van der Waals surface area contributed by atoms with Crippen LogP contribution in [-0.4, -0.2) is 43.8 Å². The summed E-state index contributed by atoms with van der Waals surface area (Å²) in [5.74, 6) is 0. The highest BCUT2D eigenvalue weighted by Crippen LogP contribution is 2.36. The minimum absolute atomic E-state index is 0.0647. The molecule has 1 aliphatic rings. The van der Waals surface area contributed by atoms with Gasteiger partial charge >= 0.3 is 6.98 Å². The summed E-state index contributed by atoms with van der Waals surface area (Å²) in [5, 5.41) is 5.11.